The monoisotopic (exact) mass is 248 g/mol. The van der Waals surface area contributed by atoms with Gasteiger partial charge in [-0.25, -0.2) is 0 Å². The van der Waals surface area contributed by atoms with E-state index < -0.39 is 0 Å². The molecular formula is C13H20N4O. The van der Waals surface area contributed by atoms with Crippen molar-refractivity contribution in [3.8, 4) is 0 Å². The quantitative estimate of drug-likeness (QED) is 0.857. The van der Waals surface area contributed by atoms with Crippen LogP contribution in [0.5, 0.6) is 0 Å². The van der Waals surface area contributed by atoms with Crippen molar-refractivity contribution in [1.29, 1.82) is 0 Å². The second-order valence-corrected chi connectivity index (χ2v) is 4.64. The van der Waals surface area contributed by atoms with E-state index >= 15 is 0 Å². The molecule has 1 aliphatic rings. The van der Waals surface area contributed by atoms with Gasteiger partial charge in [0.15, 0.2) is 0 Å². The molecule has 1 amide bonds. The zero-order valence-electron chi connectivity index (χ0n) is 10.8. The van der Waals surface area contributed by atoms with Crippen LogP contribution in [0.1, 0.15) is 25.5 Å². The predicted octanol–water partition coefficient (Wildman–Crippen LogP) is 0.825. The van der Waals surface area contributed by atoms with Gasteiger partial charge >= 0.3 is 0 Å². The summed E-state index contributed by atoms with van der Waals surface area (Å²) < 4.78 is 0. The Balaban J connectivity index is 1.78. The molecule has 2 heterocycles. The standard InChI is InChI=1S/C13H20N4O/c1-2-15-13(18)11-3-7-17(8-4-11)10-12-9-14-5-6-16-12/h5-6,9,11H,2-4,7-8,10H2,1H3,(H,15,18). The van der Waals surface area contributed by atoms with E-state index in [-0.39, 0.29) is 11.8 Å². The van der Waals surface area contributed by atoms with Crippen molar-refractivity contribution in [3.05, 3.63) is 24.3 Å². The van der Waals surface area contributed by atoms with Crippen molar-refractivity contribution in [3.63, 3.8) is 0 Å². The molecule has 5 heteroatoms. The maximum atomic E-state index is 11.7. The third-order valence-corrected chi connectivity index (χ3v) is 3.31. The summed E-state index contributed by atoms with van der Waals surface area (Å²) in [6.45, 7) is 5.42. The van der Waals surface area contributed by atoms with Crippen molar-refractivity contribution < 1.29 is 4.79 Å². The first-order valence-electron chi connectivity index (χ1n) is 6.54. The summed E-state index contributed by atoms with van der Waals surface area (Å²) in [5.41, 5.74) is 0.994. The van der Waals surface area contributed by atoms with Crippen LogP contribution in [0.4, 0.5) is 0 Å². The van der Waals surface area contributed by atoms with E-state index in [0.717, 1.165) is 44.7 Å². The van der Waals surface area contributed by atoms with Gasteiger partial charge in [0, 0.05) is 37.6 Å². The molecule has 98 valence electrons. The molecule has 0 bridgehead atoms. The maximum Gasteiger partial charge on any atom is 0.223 e. The van der Waals surface area contributed by atoms with Crippen molar-refractivity contribution in [2.75, 3.05) is 19.6 Å². The molecule has 1 aliphatic heterocycles. The minimum atomic E-state index is 0.183. The van der Waals surface area contributed by atoms with Crippen LogP contribution in [-0.2, 0) is 11.3 Å². The fraction of sp³-hybridized carbons (Fsp3) is 0.615. The Labute approximate surface area is 108 Å². The van der Waals surface area contributed by atoms with Gasteiger partial charge in [-0.2, -0.15) is 0 Å². The van der Waals surface area contributed by atoms with Crippen molar-refractivity contribution in [2.24, 2.45) is 5.92 Å². The smallest absolute Gasteiger partial charge is 0.223 e. The van der Waals surface area contributed by atoms with Crippen LogP contribution in [0.3, 0.4) is 0 Å². The molecule has 0 atom stereocenters. The number of amides is 1. The van der Waals surface area contributed by atoms with Gasteiger partial charge in [-0.3, -0.25) is 19.7 Å². The number of hydrogen-bond acceptors (Lipinski definition) is 4. The van der Waals surface area contributed by atoms with Crippen LogP contribution in [-0.4, -0.2) is 40.4 Å². The van der Waals surface area contributed by atoms with E-state index in [2.05, 4.69) is 20.2 Å². The van der Waals surface area contributed by atoms with E-state index in [0.29, 0.717) is 0 Å². The molecule has 1 aromatic rings. The molecule has 1 aromatic heterocycles. The lowest BCUT2D eigenvalue weighted by molar-refractivity contribution is -0.126. The normalized spacial score (nSPS) is 17.6. The van der Waals surface area contributed by atoms with Crippen molar-refractivity contribution >= 4 is 5.91 Å². The van der Waals surface area contributed by atoms with Gasteiger partial charge in [0.1, 0.15) is 0 Å². The average Bonchev–Trinajstić information content (AvgIpc) is 2.41. The molecule has 5 nitrogen and oxygen atoms in total. The summed E-state index contributed by atoms with van der Waals surface area (Å²) in [5.74, 6) is 0.389. The first kappa shape index (κ1) is 13.0. The number of aromatic nitrogens is 2. The van der Waals surface area contributed by atoms with Crippen LogP contribution in [0.2, 0.25) is 0 Å². The molecule has 1 N–H and O–H groups in total. The number of carbonyl (C=O) groups excluding carboxylic acids is 1. The van der Waals surface area contributed by atoms with Crippen LogP contribution >= 0.6 is 0 Å². The molecule has 1 saturated heterocycles. The van der Waals surface area contributed by atoms with Gasteiger partial charge in [0.2, 0.25) is 5.91 Å². The minimum absolute atomic E-state index is 0.183. The fourth-order valence-electron chi connectivity index (χ4n) is 2.31. The number of nitrogens with one attached hydrogen (secondary N) is 1. The summed E-state index contributed by atoms with van der Waals surface area (Å²) in [7, 11) is 0. The summed E-state index contributed by atoms with van der Waals surface area (Å²) in [5, 5.41) is 2.90. The molecule has 18 heavy (non-hydrogen) atoms. The van der Waals surface area contributed by atoms with E-state index in [1.165, 1.54) is 0 Å². The van der Waals surface area contributed by atoms with E-state index in [4.69, 9.17) is 0 Å². The predicted molar refractivity (Wildman–Crippen MR) is 68.7 cm³/mol. The highest BCUT2D eigenvalue weighted by Gasteiger charge is 2.24. The lowest BCUT2D eigenvalue weighted by Gasteiger charge is -2.30. The van der Waals surface area contributed by atoms with E-state index in [9.17, 15) is 4.79 Å². The van der Waals surface area contributed by atoms with Crippen molar-refractivity contribution in [1.82, 2.24) is 20.2 Å². The Bertz CT molecular complexity index is 374. The number of rotatable bonds is 4. The summed E-state index contributed by atoms with van der Waals surface area (Å²) in [6.07, 6.45) is 7.08. The van der Waals surface area contributed by atoms with Crippen LogP contribution in [0, 0.1) is 5.92 Å². The molecular weight excluding hydrogens is 228 g/mol. The Hall–Kier alpha value is -1.49. The number of likely N-dealkylation sites (tertiary alicyclic amines) is 1. The molecule has 2 rings (SSSR count). The lowest BCUT2D eigenvalue weighted by Crippen LogP contribution is -2.40. The van der Waals surface area contributed by atoms with Crippen LogP contribution < -0.4 is 5.32 Å². The highest BCUT2D eigenvalue weighted by Crippen LogP contribution is 2.18. The summed E-state index contributed by atoms with van der Waals surface area (Å²) in [4.78, 5) is 22.4. The topological polar surface area (TPSA) is 58.1 Å². The third kappa shape index (κ3) is 3.50. The fourth-order valence-corrected chi connectivity index (χ4v) is 2.31. The van der Waals surface area contributed by atoms with Gasteiger partial charge in [0.25, 0.3) is 0 Å². The summed E-state index contributed by atoms with van der Waals surface area (Å²) in [6, 6.07) is 0. The third-order valence-electron chi connectivity index (χ3n) is 3.31. The Morgan fingerprint density at radius 2 is 2.22 bits per heavy atom. The Morgan fingerprint density at radius 1 is 1.44 bits per heavy atom. The zero-order valence-corrected chi connectivity index (χ0v) is 10.8. The van der Waals surface area contributed by atoms with Gasteiger partial charge < -0.3 is 5.32 Å². The Kier molecular flexibility index (Phi) is 4.64. The molecule has 1 fully saturated rings. The first-order valence-corrected chi connectivity index (χ1v) is 6.54. The molecule has 0 radical (unpaired) electrons. The highest BCUT2D eigenvalue weighted by atomic mass is 16.1. The lowest BCUT2D eigenvalue weighted by atomic mass is 9.96. The van der Waals surface area contributed by atoms with Crippen molar-refractivity contribution in [2.45, 2.75) is 26.3 Å². The molecule has 0 aromatic carbocycles. The molecule has 0 aliphatic carbocycles. The molecule has 0 saturated carbocycles. The molecule has 0 unspecified atom stereocenters. The van der Waals surface area contributed by atoms with Crippen LogP contribution in [0.15, 0.2) is 18.6 Å². The Morgan fingerprint density at radius 3 is 2.83 bits per heavy atom. The first-order chi connectivity index (χ1) is 8.79. The molecule has 0 spiro atoms. The van der Waals surface area contributed by atoms with Gasteiger partial charge in [-0.05, 0) is 32.9 Å². The number of nitrogens with zero attached hydrogens (tertiary/aromatic N) is 3. The van der Waals surface area contributed by atoms with Gasteiger partial charge in [0.05, 0.1) is 5.69 Å². The number of piperidine rings is 1. The number of hydrogen-bond donors (Lipinski definition) is 1. The maximum absolute atomic E-state index is 11.7. The van der Waals surface area contributed by atoms with E-state index in [1.54, 1.807) is 18.6 Å². The largest absolute Gasteiger partial charge is 0.356 e. The summed E-state index contributed by atoms with van der Waals surface area (Å²) >= 11 is 0. The second-order valence-electron chi connectivity index (χ2n) is 4.64. The van der Waals surface area contributed by atoms with Gasteiger partial charge in [-0.1, -0.05) is 0 Å². The minimum Gasteiger partial charge on any atom is -0.356 e. The number of carbonyl (C=O) groups is 1. The highest BCUT2D eigenvalue weighted by molar-refractivity contribution is 5.78. The second kappa shape index (κ2) is 6.44. The van der Waals surface area contributed by atoms with Crippen LogP contribution in [0.25, 0.3) is 0 Å². The van der Waals surface area contributed by atoms with E-state index in [1.807, 2.05) is 6.92 Å². The van der Waals surface area contributed by atoms with Gasteiger partial charge in [-0.15, -0.1) is 0 Å². The average molecular weight is 248 g/mol. The zero-order chi connectivity index (χ0) is 12.8. The SMILES string of the molecule is CCNC(=O)C1CCN(Cc2cnccn2)CC1.